The number of anilines is 1. The van der Waals surface area contributed by atoms with E-state index in [0.29, 0.717) is 15.5 Å². The molecule has 28 heavy (non-hydrogen) atoms. The van der Waals surface area contributed by atoms with Crippen LogP contribution < -0.4 is 20.3 Å². The van der Waals surface area contributed by atoms with Crippen LogP contribution in [0.1, 0.15) is 6.42 Å². The van der Waals surface area contributed by atoms with Crippen molar-refractivity contribution in [1.82, 2.24) is 4.57 Å². The highest BCUT2D eigenvalue weighted by Gasteiger charge is 2.15. The van der Waals surface area contributed by atoms with E-state index in [1.807, 2.05) is 48.5 Å². The fraction of sp³-hybridized carbons (Fsp3) is 0.150. The van der Waals surface area contributed by atoms with Gasteiger partial charge in [-0.2, -0.15) is 0 Å². The van der Waals surface area contributed by atoms with Crippen molar-refractivity contribution >= 4 is 35.1 Å². The van der Waals surface area contributed by atoms with E-state index < -0.39 is 0 Å². The Labute approximate surface area is 170 Å². The van der Waals surface area contributed by atoms with Gasteiger partial charge in [-0.25, -0.2) is 0 Å². The highest BCUT2D eigenvalue weighted by molar-refractivity contribution is 7.73. The van der Waals surface area contributed by atoms with Crippen molar-refractivity contribution in [1.29, 1.82) is 0 Å². The van der Waals surface area contributed by atoms with E-state index in [0.717, 1.165) is 16.1 Å². The number of hydrogen-bond acceptors (Lipinski definition) is 6. The second kappa shape index (κ2) is 7.95. The molecule has 1 aliphatic rings. The van der Waals surface area contributed by atoms with Crippen molar-refractivity contribution < 1.29 is 14.3 Å². The van der Waals surface area contributed by atoms with Crippen LogP contribution in [0.15, 0.2) is 59.4 Å². The molecule has 0 aliphatic carbocycles. The van der Waals surface area contributed by atoms with Gasteiger partial charge in [0.1, 0.15) is 0 Å². The summed E-state index contributed by atoms with van der Waals surface area (Å²) >= 11 is 6.72. The minimum absolute atomic E-state index is 0.161. The Hall–Kier alpha value is -2.97. The van der Waals surface area contributed by atoms with Gasteiger partial charge in [0, 0.05) is 29.6 Å². The Morgan fingerprint density at radius 1 is 1.11 bits per heavy atom. The van der Waals surface area contributed by atoms with Gasteiger partial charge in [0.2, 0.25) is 12.7 Å². The van der Waals surface area contributed by atoms with Crippen molar-refractivity contribution in [2.75, 3.05) is 12.1 Å². The summed E-state index contributed by atoms with van der Waals surface area (Å²) in [5.74, 6) is 1.17. The van der Waals surface area contributed by atoms with Crippen LogP contribution in [0.5, 0.6) is 11.5 Å². The summed E-state index contributed by atoms with van der Waals surface area (Å²) in [7, 11) is 0. The molecule has 1 N–H and O–H groups in total. The van der Waals surface area contributed by atoms with Crippen LogP contribution in [0.3, 0.4) is 0 Å². The van der Waals surface area contributed by atoms with Crippen molar-refractivity contribution in [2.24, 2.45) is 0 Å². The van der Waals surface area contributed by atoms with Crippen molar-refractivity contribution in [3.05, 3.63) is 68.9 Å². The average molecular weight is 412 g/mol. The average Bonchev–Trinajstić information content (AvgIpc) is 3.16. The Bertz CT molecular complexity index is 1110. The second-order valence-electron chi connectivity index (χ2n) is 6.10. The monoisotopic (exact) mass is 412 g/mol. The van der Waals surface area contributed by atoms with Gasteiger partial charge in [0.25, 0.3) is 5.56 Å². The number of para-hydroxylation sites is 1. The molecular weight excluding hydrogens is 396 g/mol. The smallest absolute Gasteiger partial charge is 0.253 e. The van der Waals surface area contributed by atoms with Gasteiger partial charge in [0.05, 0.1) is 0 Å². The quantitative estimate of drug-likeness (QED) is 0.640. The predicted octanol–water partition coefficient (Wildman–Crippen LogP) is 4.06. The number of nitrogens with one attached hydrogen (secondary N) is 1. The van der Waals surface area contributed by atoms with Crippen LogP contribution >= 0.6 is 23.6 Å². The van der Waals surface area contributed by atoms with Crippen LogP contribution in [0.2, 0.25) is 0 Å². The summed E-state index contributed by atoms with van der Waals surface area (Å²) in [6, 6.07) is 16.2. The number of aromatic nitrogens is 1. The molecule has 0 saturated heterocycles. The molecular formula is C20H16N2O4S2. The van der Waals surface area contributed by atoms with Crippen molar-refractivity contribution in [3.8, 4) is 21.9 Å². The van der Waals surface area contributed by atoms with Gasteiger partial charge in [-0.1, -0.05) is 18.2 Å². The predicted molar refractivity (Wildman–Crippen MR) is 111 cm³/mol. The molecule has 0 fully saturated rings. The minimum atomic E-state index is -0.232. The fourth-order valence-corrected chi connectivity index (χ4v) is 4.15. The summed E-state index contributed by atoms with van der Waals surface area (Å²) < 4.78 is 12.6. The number of amides is 1. The van der Waals surface area contributed by atoms with Gasteiger partial charge in [-0.05, 0) is 48.1 Å². The van der Waals surface area contributed by atoms with E-state index in [1.165, 1.54) is 22.0 Å². The molecule has 0 radical (unpaired) electrons. The third-order valence-corrected chi connectivity index (χ3v) is 5.65. The Balaban J connectivity index is 1.49. The van der Waals surface area contributed by atoms with Crippen LogP contribution in [0.4, 0.5) is 5.69 Å². The largest absolute Gasteiger partial charge is 0.454 e. The zero-order chi connectivity index (χ0) is 19.5. The van der Waals surface area contributed by atoms with Gasteiger partial charge >= 0.3 is 0 Å². The number of hydrogen-bond donors (Lipinski definition) is 1. The van der Waals surface area contributed by atoms with E-state index in [-0.39, 0.29) is 31.2 Å². The van der Waals surface area contributed by atoms with E-state index in [4.69, 9.17) is 21.7 Å². The lowest BCUT2D eigenvalue weighted by Crippen LogP contribution is -2.22. The summed E-state index contributed by atoms with van der Waals surface area (Å²) in [4.78, 5) is 25.4. The number of nitrogens with zero attached hydrogens (tertiary/aromatic N) is 1. The molecule has 0 saturated carbocycles. The van der Waals surface area contributed by atoms with Crippen LogP contribution in [-0.2, 0) is 11.3 Å². The maximum atomic E-state index is 12.6. The van der Waals surface area contributed by atoms with Gasteiger partial charge in [0.15, 0.2) is 15.5 Å². The molecule has 0 atom stereocenters. The highest BCUT2D eigenvalue weighted by atomic mass is 32.1. The first-order valence-electron chi connectivity index (χ1n) is 8.60. The first-order chi connectivity index (χ1) is 13.6. The number of rotatable bonds is 5. The second-order valence-corrected chi connectivity index (χ2v) is 7.77. The molecule has 142 valence electrons. The number of fused-ring (bicyclic) bond motifs is 1. The lowest BCUT2D eigenvalue weighted by atomic mass is 10.2. The van der Waals surface area contributed by atoms with E-state index in [9.17, 15) is 9.59 Å². The summed E-state index contributed by atoms with van der Waals surface area (Å²) in [5.41, 5.74) is 1.33. The molecule has 3 aromatic rings. The summed E-state index contributed by atoms with van der Waals surface area (Å²) in [6.45, 7) is 0.426. The highest BCUT2D eigenvalue weighted by Crippen LogP contribution is 2.36. The topological polar surface area (TPSA) is 69.6 Å². The molecule has 1 aromatic heterocycles. The van der Waals surface area contributed by atoms with E-state index >= 15 is 0 Å². The fourth-order valence-electron chi connectivity index (χ4n) is 2.81. The molecule has 2 aromatic carbocycles. The molecule has 6 nitrogen and oxygen atoms in total. The Morgan fingerprint density at radius 3 is 2.68 bits per heavy atom. The van der Waals surface area contributed by atoms with Crippen LogP contribution in [0, 0.1) is 3.95 Å². The lowest BCUT2D eigenvalue weighted by molar-refractivity contribution is -0.116. The van der Waals surface area contributed by atoms with Gasteiger partial charge < -0.3 is 14.8 Å². The third-order valence-electron chi connectivity index (χ3n) is 4.22. The summed E-state index contributed by atoms with van der Waals surface area (Å²) in [6.07, 6.45) is 0.161. The third kappa shape index (κ3) is 3.97. The minimum Gasteiger partial charge on any atom is -0.454 e. The first kappa shape index (κ1) is 18.4. The standard InChI is InChI=1S/C20H16N2O4S2/c23-18(21-14-4-2-1-3-5-14)8-9-22-19(24)11-17(28-20(22)27)13-6-7-15-16(10-13)26-12-25-15/h1-7,10-11H,8-9,12H2,(H,21,23). The number of ether oxygens (including phenoxy) is 2. The van der Waals surface area contributed by atoms with Gasteiger partial charge in [-0.15, -0.1) is 11.3 Å². The zero-order valence-electron chi connectivity index (χ0n) is 14.7. The molecule has 0 bridgehead atoms. The molecule has 2 heterocycles. The molecule has 1 amide bonds. The molecule has 0 spiro atoms. The van der Waals surface area contributed by atoms with Crippen molar-refractivity contribution in [2.45, 2.75) is 13.0 Å². The molecule has 0 unspecified atom stereocenters. The number of carbonyl (C=O) groups excluding carboxylic acids is 1. The maximum absolute atomic E-state index is 12.6. The van der Waals surface area contributed by atoms with Crippen molar-refractivity contribution in [3.63, 3.8) is 0 Å². The first-order valence-corrected chi connectivity index (χ1v) is 9.82. The Kier molecular flexibility index (Phi) is 5.23. The van der Waals surface area contributed by atoms with Gasteiger partial charge in [-0.3, -0.25) is 14.2 Å². The SMILES string of the molecule is O=C(CCn1c(=O)cc(-c2ccc3c(c2)OCO3)sc1=S)Nc1ccccc1. The number of benzene rings is 2. The molecule has 1 aliphatic heterocycles. The normalized spacial score (nSPS) is 12.0. The molecule has 4 rings (SSSR count). The number of carbonyl (C=O) groups is 1. The lowest BCUT2D eigenvalue weighted by Gasteiger charge is -2.08. The zero-order valence-corrected chi connectivity index (χ0v) is 16.3. The summed E-state index contributed by atoms with van der Waals surface area (Å²) in [5, 5.41) is 2.80. The van der Waals surface area contributed by atoms with E-state index in [2.05, 4.69) is 5.32 Å². The molecule has 8 heteroatoms. The maximum Gasteiger partial charge on any atom is 0.253 e. The van der Waals surface area contributed by atoms with E-state index in [1.54, 1.807) is 0 Å². The van der Waals surface area contributed by atoms with Crippen LogP contribution in [-0.4, -0.2) is 17.3 Å². The Morgan fingerprint density at radius 2 is 1.89 bits per heavy atom. The van der Waals surface area contributed by atoms with Crippen LogP contribution in [0.25, 0.3) is 10.4 Å².